The predicted octanol–water partition coefficient (Wildman–Crippen LogP) is 2.20. The fourth-order valence-corrected chi connectivity index (χ4v) is 1.91. The topological polar surface area (TPSA) is 51.0 Å². The number of aliphatic hydroxyl groups excluding tert-OH is 1. The highest BCUT2D eigenvalue weighted by Gasteiger charge is 2.30. The van der Waals surface area contributed by atoms with E-state index in [1.165, 1.54) is 0 Å². The number of hydrogen-bond donors (Lipinski definition) is 1. The van der Waals surface area contributed by atoms with Crippen LogP contribution in [0.25, 0.3) is 0 Å². The summed E-state index contributed by atoms with van der Waals surface area (Å²) in [7, 11) is 0. The van der Waals surface area contributed by atoms with Gasteiger partial charge in [-0.1, -0.05) is 12.1 Å². The Morgan fingerprint density at radius 2 is 2.05 bits per heavy atom. The van der Waals surface area contributed by atoms with Crippen molar-refractivity contribution in [3.8, 4) is 5.75 Å². The van der Waals surface area contributed by atoms with Gasteiger partial charge in [-0.2, -0.15) is 0 Å². The molecule has 104 valence electrons. The van der Waals surface area contributed by atoms with Crippen molar-refractivity contribution in [2.75, 3.05) is 13.2 Å². The van der Waals surface area contributed by atoms with Crippen molar-refractivity contribution in [2.24, 2.45) is 4.99 Å². The van der Waals surface area contributed by atoms with Crippen LogP contribution in [0, 0.1) is 0 Å². The quantitative estimate of drug-likeness (QED) is 0.886. The zero-order valence-corrected chi connectivity index (χ0v) is 11.7. The van der Waals surface area contributed by atoms with E-state index in [4.69, 9.17) is 9.47 Å². The van der Waals surface area contributed by atoms with Crippen LogP contribution < -0.4 is 4.74 Å². The van der Waals surface area contributed by atoms with Crippen LogP contribution in [0.4, 0.5) is 0 Å². The van der Waals surface area contributed by atoms with E-state index >= 15 is 0 Å². The molecule has 19 heavy (non-hydrogen) atoms. The molecule has 4 nitrogen and oxygen atoms in total. The molecule has 0 saturated carbocycles. The van der Waals surface area contributed by atoms with E-state index in [0.29, 0.717) is 18.9 Å². The number of rotatable bonds is 5. The number of aliphatic imine (C=N–C) groups is 1. The summed E-state index contributed by atoms with van der Waals surface area (Å²) in [5.74, 6) is 1.56. The summed E-state index contributed by atoms with van der Waals surface area (Å²) in [6, 6.07) is 7.93. The predicted molar refractivity (Wildman–Crippen MR) is 74.8 cm³/mol. The van der Waals surface area contributed by atoms with Crippen LogP contribution in [0.5, 0.6) is 5.75 Å². The van der Waals surface area contributed by atoms with Crippen molar-refractivity contribution in [2.45, 2.75) is 38.8 Å². The molecule has 1 aromatic carbocycles. The average molecular weight is 263 g/mol. The zero-order valence-electron chi connectivity index (χ0n) is 11.7. The monoisotopic (exact) mass is 263 g/mol. The van der Waals surface area contributed by atoms with Crippen molar-refractivity contribution in [3.63, 3.8) is 0 Å². The van der Waals surface area contributed by atoms with Gasteiger partial charge in [-0.05, 0) is 38.5 Å². The minimum atomic E-state index is -0.476. The molecule has 0 bridgehead atoms. The van der Waals surface area contributed by atoms with E-state index < -0.39 is 5.54 Å². The first kappa shape index (κ1) is 13.9. The van der Waals surface area contributed by atoms with Gasteiger partial charge in [-0.25, -0.2) is 4.99 Å². The van der Waals surface area contributed by atoms with E-state index in [0.717, 1.165) is 11.3 Å². The van der Waals surface area contributed by atoms with Crippen LogP contribution in [0.2, 0.25) is 0 Å². The first-order valence-electron chi connectivity index (χ1n) is 6.59. The fraction of sp³-hybridized carbons (Fsp3) is 0.533. The largest absolute Gasteiger partial charge is 0.491 e. The van der Waals surface area contributed by atoms with Gasteiger partial charge in [0.15, 0.2) is 5.90 Å². The molecule has 0 saturated heterocycles. The second kappa shape index (κ2) is 5.61. The van der Waals surface area contributed by atoms with Crippen LogP contribution in [-0.4, -0.2) is 35.9 Å². The van der Waals surface area contributed by atoms with E-state index in [2.05, 4.69) is 4.99 Å². The third kappa shape index (κ3) is 3.70. The number of nitrogens with zero attached hydrogens (tertiary/aromatic N) is 1. The van der Waals surface area contributed by atoms with E-state index in [1.807, 2.05) is 45.0 Å². The summed E-state index contributed by atoms with van der Waals surface area (Å²) in [5.41, 5.74) is 0.646. The number of hydrogen-bond acceptors (Lipinski definition) is 4. The van der Waals surface area contributed by atoms with Gasteiger partial charge >= 0.3 is 0 Å². The summed E-state index contributed by atoms with van der Waals surface area (Å²) in [4.78, 5) is 4.42. The fourth-order valence-electron chi connectivity index (χ4n) is 1.91. The highest BCUT2D eigenvalue weighted by Crippen LogP contribution is 2.20. The lowest BCUT2D eigenvalue weighted by atomic mass is 10.1. The summed E-state index contributed by atoms with van der Waals surface area (Å²) in [5, 5.41) is 9.23. The molecular formula is C15H21NO3. The Bertz CT molecular complexity index is 453. The molecule has 1 aliphatic rings. The highest BCUT2D eigenvalue weighted by molar-refractivity contribution is 5.80. The third-order valence-electron chi connectivity index (χ3n) is 2.94. The third-order valence-corrected chi connectivity index (χ3v) is 2.94. The molecular weight excluding hydrogens is 242 g/mol. The maximum atomic E-state index is 9.23. The maximum Gasteiger partial charge on any atom is 0.188 e. The molecule has 1 aromatic rings. The summed E-state index contributed by atoms with van der Waals surface area (Å²) in [6.07, 6.45) is 0.830. The molecule has 2 rings (SSSR count). The standard InChI is InChI=1S/C15H21NO3/c1-11(2)19-13-6-4-12(5-7-13)8-14-16-15(3,9-17)10-18-14/h4-7,11,17H,8-10H2,1-3H3/t15-/m1/s1. The Hall–Kier alpha value is -1.55. The zero-order chi connectivity index (χ0) is 13.9. The van der Waals surface area contributed by atoms with Crippen LogP contribution in [0.1, 0.15) is 26.3 Å². The van der Waals surface area contributed by atoms with Crippen molar-refractivity contribution in [1.29, 1.82) is 0 Å². The Labute approximate surface area is 114 Å². The van der Waals surface area contributed by atoms with E-state index in [1.54, 1.807) is 0 Å². The Morgan fingerprint density at radius 3 is 2.58 bits per heavy atom. The molecule has 0 amide bonds. The Balaban J connectivity index is 1.99. The molecule has 0 spiro atoms. The van der Waals surface area contributed by atoms with E-state index in [-0.39, 0.29) is 12.7 Å². The second-order valence-corrected chi connectivity index (χ2v) is 5.44. The minimum absolute atomic E-state index is 0.0116. The van der Waals surface area contributed by atoms with Gasteiger partial charge in [0.25, 0.3) is 0 Å². The lowest BCUT2D eigenvalue weighted by Gasteiger charge is -2.12. The molecule has 0 aromatic heterocycles. The van der Waals surface area contributed by atoms with Gasteiger partial charge in [0.05, 0.1) is 12.7 Å². The van der Waals surface area contributed by atoms with Gasteiger partial charge in [-0.15, -0.1) is 0 Å². The van der Waals surface area contributed by atoms with E-state index in [9.17, 15) is 5.11 Å². The highest BCUT2D eigenvalue weighted by atomic mass is 16.5. The lowest BCUT2D eigenvalue weighted by molar-refractivity contribution is 0.169. The van der Waals surface area contributed by atoms with Crippen molar-refractivity contribution >= 4 is 5.90 Å². The molecule has 1 aliphatic heterocycles. The van der Waals surface area contributed by atoms with Gasteiger partial charge in [-0.3, -0.25) is 0 Å². The van der Waals surface area contributed by atoms with Crippen molar-refractivity contribution < 1.29 is 14.6 Å². The van der Waals surface area contributed by atoms with Crippen molar-refractivity contribution in [3.05, 3.63) is 29.8 Å². The lowest BCUT2D eigenvalue weighted by Crippen LogP contribution is -2.28. The summed E-state index contributed by atoms with van der Waals surface area (Å²) in [6.45, 7) is 6.36. The van der Waals surface area contributed by atoms with Crippen LogP contribution in [0.3, 0.4) is 0 Å². The number of aliphatic hydroxyl groups is 1. The molecule has 1 atom stereocenters. The normalized spacial score (nSPS) is 22.3. The minimum Gasteiger partial charge on any atom is -0.491 e. The first-order chi connectivity index (χ1) is 9.00. The summed E-state index contributed by atoms with van der Waals surface area (Å²) < 4.78 is 11.1. The van der Waals surface area contributed by atoms with Gasteiger partial charge < -0.3 is 14.6 Å². The SMILES string of the molecule is CC(C)Oc1ccc(CC2=N[C@](C)(CO)CO2)cc1. The van der Waals surface area contributed by atoms with Crippen molar-refractivity contribution in [1.82, 2.24) is 0 Å². The van der Waals surface area contributed by atoms with Crippen LogP contribution >= 0.6 is 0 Å². The molecule has 0 radical (unpaired) electrons. The molecule has 0 fully saturated rings. The Kier molecular flexibility index (Phi) is 4.10. The van der Waals surface area contributed by atoms with Crippen LogP contribution in [-0.2, 0) is 11.2 Å². The average Bonchev–Trinajstić information content (AvgIpc) is 2.74. The number of ether oxygens (including phenoxy) is 2. The van der Waals surface area contributed by atoms with Gasteiger partial charge in [0.1, 0.15) is 17.9 Å². The molecule has 1 heterocycles. The first-order valence-corrected chi connectivity index (χ1v) is 6.59. The van der Waals surface area contributed by atoms with Crippen LogP contribution in [0.15, 0.2) is 29.3 Å². The van der Waals surface area contributed by atoms with Gasteiger partial charge in [0.2, 0.25) is 0 Å². The molecule has 0 aliphatic carbocycles. The smallest absolute Gasteiger partial charge is 0.188 e. The summed E-state index contributed by atoms with van der Waals surface area (Å²) >= 11 is 0. The maximum absolute atomic E-state index is 9.23. The Morgan fingerprint density at radius 1 is 1.37 bits per heavy atom. The molecule has 1 N–H and O–H groups in total. The number of benzene rings is 1. The molecule has 0 unspecified atom stereocenters. The second-order valence-electron chi connectivity index (χ2n) is 5.44. The van der Waals surface area contributed by atoms with Gasteiger partial charge in [0, 0.05) is 6.42 Å². The molecule has 4 heteroatoms.